The summed E-state index contributed by atoms with van der Waals surface area (Å²) in [5.41, 5.74) is 3.35. The van der Waals surface area contributed by atoms with Crippen molar-refractivity contribution in [3.8, 4) is 0 Å². The topological polar surface area (TPSA) is 12.0 Å². The first kappa shape index (κ1) is 12.1. The molecular weight excluding hydrogens is 262 g/mol. The average molecular weight is 282 g/mol. The van der Waals surface area contributed by atoms with Gasteiger partial charge in [-0.25, -0.2) is 0 Å². The highest BCUT2D eigenvalue weighted by atomic mass is 79.9. The van der Waals surface area contributed by atoms with E-state index in [9.17, 15) is 0 Å². The van der Waals surface area contributed by atoms with Gasteiger partial charge in [-0.2, -0.15) is 0 Å². The third-order valence-corrected chi connectivity index (χ3v) is 4.39. The molecule has 0 aromatic heterocycles. The van der Waals surface area contributed by atoms with Crippen LogP contribution in [-0.2, 0) is 5.41 Å². The van der Waals surface area contributed by atoms with Crippen LogP contribution in [0.25, 0.3) is 0 Å². The molecule has 1 N–H and O–H groups in total. The third-order valence-electron chi connectivity index (χ3n) is 3.73. The van der Waals surface area contributed by atoms with E-state index in [1.54, 1.807) is 0 Å². The molecule has 16 heavy (non-hydrogen) atoms. The van der Waals surface area contributed by atoms with Gasteiger partial charge < -0.3 is 5.32 Å². The molecule has 1 aromatic rings. The predicted molar refractivity (Wildman–Crippen MR) is 73.1 cm³/mol. The van der Waals surface area contributed by atoms with Crippen LogP contribution in [0.4, 0.5) is 0 Å². The van der Waals surface area contributed by atoms with Gasteiger partial charge in [0.1, 0.15) is 0 Å². The van der Waals surface area contributed by atoms with Gasteiger partial charge in [0.05, 0.1) is 0 Å². The zero-order chi connectivity index (χ0) is 11.8. The second-order valence-corrected chi connectivity index (χ2v) is 6.24. The second-order valence-electron chi connectivity index (χ2n) is 5.38. The number of likely N-dealkylation sites (N-methyl/N-ethyl adjacent to an activating group) is 1. The minimum absolute atomic E-state index is 0.305. The highest BCUT2D eigenvalue weighted by molar-refractivity contribution is 9.10. The smallest absolute Gasteiger partial charge is 0.0215 e. The Bertz CT molecular complexity index is 384. The molecule has 0 aliphatic heterocycles. The number of rotatable bonds is 2. The zero-order valence-electron chi connectivity index (χ0n) is 10.3. The Balaban J connectivity index is 2.49. The molecular formula is C14H20BrN. The summed E-state index contributed by atoms with van der Waals surface area (Å²) in [4.78, 5) is 0. The summed E-state index contributed by atoms with van der Waals surface area (Å²) < 4.78 is 1.27. The molecule has 0 saturated carbocycles. The van der Waals surface area contributed by atoms with Crippen molar-refractivity contribution in [2.75, 3.05) is 13.6 Å². The van der Waals surface area contributed by atoms with Crippen molar-refractivity contribution < 1.29 is 0 Å². The minimum atomic E-state index is 0.305. The maximum absolute atomic E-state index is 3.72. The van der Waals surface area contributed by atoms with Crippen molar-refractivity contribution in [2.45, 2.75) is 38.0 Å². The van der Waals surface area contributed by atoms with E-state index in [1.807, 2.05) is 7.05 Å². The number of fused-ring (bicyclic) bond motifs is 1. The van der Waals surface area contributed by atoms with Crippen LogP contribution in [0.1, 0.15) is 43.7 Å². The van der Waals surface area contributed by atoms with E-state index in [2.05, 4.69) is 53.3 Å². The number of hydrogen-bond donors (Lipinski definition) is 1. The molecule has 1 nitrogen and oxygen atoms in total. The van der Waals surface area contributed by atoms with E-state index < -0.39 is 0 Å². The number of nitrogens with one attached hydrogen (secondary N) is 1. The Hall–Kier alpha value is -0.340. The summed E-state index contributed by atoms with van der Waals surface area (Å²) in [5.74, 6) is 0.672. The van der Waals surface area contributed by atoms with Gasteiger partial charge in [-0.1, -0.05) is 41.9 Å². The van der Waals surface area contributed by atoms with Crippen molar-refractivity contribution in [3.63, 3.8) is 0 Å². The van der Waals surface area contributed by atoms with E-state index in [0.717, 1.165) is 6.54 Å². The van der Waals surface area contributed by atoms with Gasteiger partial charge in [0.2, 0.25) is 0 Å². The SMILES string of the molecule is CNCC1CCC(C)(C)c2c(Br)cccc21. The molecule has 0 fully saturated rings. The summed E-state index contributed by atoms with van der Waals surface area (Å²) in [6.07, 6.45) is 2.56. The largest absolute Gasteiger partial charge is 0.319 e. The standard InChI is InChI=1S/C14H20BrN/c1-14(2)8-7-10(9-16-3)11-5-4-6-12(15)13(11)14/h4-6,10,16H,7-9H2,1-3H3. The maximum atomic E-state index is 3.72. The van der Waals surface area contributed by atoms with Crippen LogP contribution in [0, 0.1) is 0 Å². The molecule has 0 spiro atoms. The van der Waals surface area contributed by atoms with Crippen molar-refractivity contribution in [2.24, 2.45) is 0 Å². The average Bonchev–Trinajstić information content (AvgIpc) is 2.22. The Kier molecular flexibility index (Phi) is 3.41. The second kappa shape index (κ2) is 4.50. The lowest BCUT2D eigenvalue weighted by atomic mass is 9.69. The lowest BCUT2D eigenvalue weighted by Crippen LogP contribution is -2.30. The van der Waals surface area contributed by atoms with Gasteiger partial charge in [-0.15, -0.1) is 0 Å². The summed E-state index contributed by atoms with van der Waals surface area (Å²) in [7, 11) is 2.04. The summed E-state index contributed by atoms with van der Waals surface area (Å²) in [6.45, 7) is 5.79. The lowest BCUT2D eigenvalue weighted by molar-refractivity contribution is 0.385. The quantitative estimate of drug-likeness (QED) is 0.869. The van der Waals surface area contributed by atoms with Gasteiger partial charge >= 0.3 is 0 Å². The van der Waals surface area contributed by atoms with Crippen LogP contribution in [0.15, 0.2) is 22.7 Å². The Morgan fingerprint density at radius 1 is 1.44 bits per heavy atom. The number of hydrogen-bond acceptors (Lipinski definition) is 1. The zero-order valence-corrected chi connectivity index (χ0v) is 11.9. The normalized spacial score (nSPS) is 22.9. The molecule has 2 rings (SSSR count). The fourth-order valence-electron chi connectivity index (χ4n) is 2.87. The fourth-order valence-corrected chi connectivity index (χ4v) is 3.79. The Labute approximate surface area is 107 Å². The molecule has 1 aliphatic carbocycles. The fraction of sp³-hybridized carbons (Fsp3) is 0.571. The first-order valence-electron chi connectivity index (χ1n) is 6.00. The first-order chi connectivity index (χ1) is 7.56. The Morgan fingerprint density at radius 3 is 2.88 bits per heavy atom. The van der Waals surface area contributed by atoms with E-state index in [-0.39, 0.29) is 0 Å². The van der Waals surface area contributed by atoms with Crippen LogP contribution in [0.3, 0.4) is 0 Å². The molecule has 0 saturated heterocycles. The molecule has 0 radical (unpaired) electrons. The predicted octanol–water partition coefficient (Wildman–Crippen LogP) is 3.82. The molecule has 1 aromatic carbocycles. The molecule has 0 amide bonds. The monoisotopic (exact) mass is 281 g/mol. The van der Waals surface area contributed by atoms with Crippen LogP contribution < -0.4 is 5.32 Å². The van der Waals surface area contributed by atoms with Gasteiger partial charge in [0.15, 0.2) is 0 Å². The highest BCUT2D eigenvalue weighted by Gasteiger charge is 2.33. The van der Waals surface area contributed by atoms with E-state index in [1.165, 1.54) is 28.4 Å². The van der Waals surface area contributed by atoms with Crippen molar-refractivity contribution in [3.05, 3.63) is 33.8 Å². The van der Waals surface area contributed by atoms with Crippen LogP contribution in [-0.4, -0.2) is 13.6 Å². The minimum Gasteiger partial charge on any atom is -0.319 e. The Morgan fingerprint density at radius 2 is 2.19 bits per heavy atom. The maximum Gasteiger partial charge on any atom is 0.0215 e. The van der Waals surface area contributed by atoms with E-state index in [4.69, 9.17) is 0 Å². The number of halogens is 1. The molecule has 1 aliphatic rings. The van der Waals surface area contributed by atoms with Crippen LogP contribution in [0.5, 0.6) is 0 Å². The van der Waals surface area contributed by atoms with Crippen LogP contribution in [0.2, 0.25) is 0 Å². The van der Waals surface area contributed by atoms with Gasteiger partial charge in [-0.05, 0) is 48.4 Å². The molecule has 1 unspecified atom stereocenters. The van der Waals surface area contributed by atoms with Gasteiger partial charge in [-0.3, -0.25) is 0 Å². The summed E-state index contributed by atoms with van der Waals surface area (Å²) in [6, 6.07) is 6.62. The van der Waals surface area contributed by atoms with Gasteiger partial charge in [0.25, 0.3) is 0 Å². The molecule has 1 atom stereocenters. The number of benzene rings is 1. The lowest BCUT2D eigenvalue weighted by Gasteiger charge is -2.38. The van der Waals surface area contributed by atoms with Crippen molar-refractivity contribution >= 4 is 15.9 Å². The van der Waals surface area contributed by atoms with Crippen molar-refractivity contribution in [1.82, 2.24) is 5.32 Å². The van der Waals surface area contributed by atoms with Crippen molar-refractivity contribution in [1.29, 1.82) is 0 Å². The molecule has 0 bridgehead atoms. The van der Waals surface area contributed by atoms with E-state index in [0.29, 0.717) is 11.3 Å². The summed E-state index contributed by atoms with van der Waals surface area (Å²) >= 11 is 3.72. The molecule has 0 heterocycles. The first-order valence-corrected chi connectivity index (χ1v) is 6.79. The van der Waals surface area contributed by atoms with Crippen LogP contribution >= 0.6 is 15.9 Å². The molecule has 88 valence electrons. The molecule has 2 heteroatoms. The van der Waals surface area contributed by atoms with Gasteiger partial charge in [0, 0.05) is 11.0 Å². The highest BCUT2D eigenvalue weighted by Crippen LogP contribution is 2.45. The summed E-state index contributed by atoms with van der Waals surface area (Å²) in [5, 5.41) is 3.31. The van der Waals surface area contributed by atoms with E-state index >= 15 is 0 Å². The third kappa shape index (κ3) is 2.05.